The summed E-state index contributed by atoms with van der Waals surface area (Å²) >= 11 is 0. The van der Waals surface area contributed by atoms with Crippen molar-refractivity contribution in [2.24, 2.45) is 0 Å². The monoisotopic (exact) mass is 362 g/mol. The summed E-state index contributed by atoms with van der Waals surface area (Å²) < 4.78 is 24.0. The molecular formula is C17H15FN2O6. The van der Waals surface area contributed by atoms with Crippen molar-refractivity contribution in [2.75, 3.05) is 14.2 Å². The fraction of sp³-hybridized carbons (Fsp3) is 0.235. The summed E-state index contributed by atoms with van der Waals surface area (Å²) in [4.78, 5) is 39.0. The zero-order valence-electron chi connectivity index (χ0n) is 14.5. The predicted molar refractivity (Wildman–Crippen MR) is 88.4 cm³/mol. The summed E-state index contributed by atoms with van der Waals surface area (Å²) in [5.74, 6) is -2.57. The van der Waals surface area contributed by atoms with Crippen molar-refractivity contribution >= 4 is 17.6 Å². The number of carbonyl (C=O) groups is 2. The minimum Gasteiger partial charge on any atom is -0.465 e. The van der Waals surface area contributed by atoms with Gasteiger partial charge in [-0.15, -0.1) is 0 Å². The standard InChI is InChI=1S/C17H15FN2O6/c1-8-13(16(21)25-3)15(14(9(2)19-8)17(22)26-4)11-7-10(20(23)24)5-6-12(11)18/h5-7H,1-4H3. The largest absolute Gasteiger partial charge is 0.465 e. The number of hydrogen-bond acceptors (Lipinski definition) is 7. The molecule has 0 amide bonds. The van der Waals surface area contributed by atoms with Crippen LogP contribution in [0.15, 0.2) is 18.2 Å². The SMILES string of the molecule is COC(=O)c1c(C)nc(C)c(C(=O)OC)c1-c1cc([N+](=O)[O-])ccc1F. The number of aromatic nitrogens is 1. The number of benzene rings is 1. The van der Waals surface area contributed by atoms with E-state index in [-0.39, 0.29) is 33.6 Å². The van der Waals surface area contributed by atoms with Crippen molar-refractivity contribution in [3.05, 3.63) is 56.6 Å². The van der Waals surface area contributed by atoms with Gasteiger partial charge in [-0.05, 0) is 19.9 Å². The quantitative estimate of drug-likeness (QED) is 0.467. The summed E-state index contributed by atoms with van der Waals surface area (Å²) in [7, 11) is 2.24. The average molecular weight is 362 g/mol. The van der Waals surface area contributed by atoms with Crippen LogP contribution in [0.5, 0.6) is 0 Å². The number of nitro benzene ring substituents is 1. The van der Waals surface area contributed by atoms with Gasteiger partial charge in [-0.25, -0.2) is 14.0 Å². The van der Waals surface area contributed by atoms with Gasteiger partial charge in [0.2, 0.25) is 0 Å². The number of pyridine rings is 1. The lowest BCUT2D eigenvalue weighted by molar-refractivity contribution is -0.384. The first-order valence-electron chi connectivity index (χ1n) is 7.35. The first-order chi connectivity index (χ1) is 12.2. The Hall–Kier alpha value is -3.36. The number of esters is 2. The highest BCUT2D eigenvalue weighted by atomic mass is 19.1. The number of carbonyl (C=O) groups excluding carboxylic acids is 2. The lowest BCUT2D eigenvalue weighted by atomic mass is 9.92. The van der Waals surface area contributed by atoms with Crippen LogP contribution in [0.2, 0.25) is 0 Å². The van der Waals surface area contributed by atoms with Crippen LogP contribution in [-0.4, -0.2) is 36.1 Å². The van der Waals surface area contributed by atoms with E-state index in [9.17, 15) is 24.1 Å². The number of non-ortho nitro benzene ring substituents is 1. The van der Waals surface area contributed by atoms with E-state index in [2.05, 4.69) is 4.98 Å². The molecule has 0 unspecified atom stereocenters. The van der Waals surface area contributed by atoms with Crippen molar-refractivity contribution in [3.63, 3.8) is 0 Å². The van der Waals surface area contributed by atoms with Crippen molar-refractivity contribution in [2.45, 2.75) is 13.8 Å². The Kier molecular flexibility index (Phi) is 5.30. The van der Waals surface area contributed by atoms with E-state index in [4.69, 9.17) is 9.47 Å². The van der Waals surface area contributed by atoms with Crippen LogP contribution in [0.3, 0.4) is 0 Å². The summed E-state index contributed by atoms with van der Waals surface area (Å²) in [6, 6.07) is 2.82. The number of nitrogens with zero attached hydrogens (tertiary/aromatic N) is 2. The summed E-state index contributed by atoms with van der Waals surface area (Å²) in [6.07, 6.45) is 0. The zero-order valence-corrected chi connectivity index (χ0v) is 14.5. The maximum Gasteiger partial charge on any atom is 0.340 e. The Balaban J connectivity index is 3.02. The third-order valence-electron chi connectivity index (χ3n) is 3.77. The van der Waals surface area contributed by atoms with Gasteiger partial charge in [-0.3, -0.25) is 15.1 Å². The second-order valence-corrected chi connectivity index (χ2v) is 5.31. The third-order valence-corrected chi connectivity index (χ3v) is 3.77. The Morgan fingerprint density at radius 1 is 1.08 bits per heavy atom. The molecule has 136 valence electrons. The topological polar surface area (TPSA) is 109 Å². The fourth-order valence-corrected chi connectivity index (χ4v) is 2.64. The normalized spacial score (nSPS) is 10.3. The van der Waals surface area contributed by atoms with Gasteiger partial charge >= 0.3 is 11.9 Å². The molecule has 0 spiro atoms. The average Bonchev–Trinajstić information content (AvgIpc) is 2.60. The van der Waals surface area contributed by atoms with Crippen LogP contribution < -0.4 is 0 Å². The highest BCUT2D eigenvalue weighted by molar-refractivity contribution is 6.07. The molecule has 2 rings (SSSR count). The molecule has 0 radical (unpaired) electrons. The van der Waals surface area contributed by atoms with Crippen molar-refractivity contribution in [1.29, 1.82) is 0 Å². The van der Waals surface area contributed by atoms with Crippen LogP contribution in [0.4, 0.5) is 10.1 Å². The van der Waals surface area contributed by atoms with Crippen LogP contribution >= 0.6 is 0 Å². The van der Waals surface area contributed by atoms with E-state index in [0.717, 1.165) is 32.4 Å². The minimum atomic E-state index is -0.860. The molecule has 0 bridgehead atoms. The molecule has 26 heavy (non-hydrogen) atoms. The van der Waals surface area contributed by atoms with Crippen molar-refractivity contribution in [3.8, 4) is 11.1 Å². The molecule has 0 aliphatic rings. The van der Waals surface area contributed by atoms with E-state index >= 15 is 0 Å². The summed E-state index contributed by atoms with van der Waals surface area (Å²) in [6.45, 7) is 2.97. The van der Waals surface area contributed by atoms with Crippen LogP contribution in [0, 0.1) is 29.8 Å². The molecule has 0 fully saturated rings. The Labute approximate surface area is 147 Å². The zero-order chi connectivity index (χ0) is 19.6. The third kappa shape index (κ3) is 3.23. The second-order valence-electron chi connectivity index (χ2n) is 5.31. The van der Waals surface area contributed by atoms with Gasteiger partial charge in [-0.2, -0.15) is 0 Å². The maximum absolute atomic E-state index is 14.5. The number of halogens is 1. The lowest BCUT2D eigenvalue weighted by Gasteiger charge is -2.17. The van der Waals surface area contributed by atoms with Gasteiger partial charge in [0, 0.05) is 23.3 Å². The molecule has 2 aromatic rings. The van der Waals surface area contributed by atoms with E-state index in [1.54, 1.807) is 0 Å². The number of aryl methyl sites for hydroxylation is 2. The van der Waals surface area contributed by atoms with E-state index in [0.29, 0.717) is 0 Å². The molecule has 9 heteroatoms. The number of rotatable bonds is 4. The van der Waals surface area contributed by atoms with Crippen molar-refractivity contribution in [1.82, 2.24) is 4.98 Å². The second kappa shape index (κ2) is 7.26. The number of methoxy groups -OCH3 is 2. The molecule has 8 nitrogen and oxygen atoms in total. The molecule has 0 atom stereocenters. The van der Waals surface area contributed by atoms with E-state index in [1.165, 1.54) is 13.8 Å². The Bertz CT molecular complexity index is 886. The highest BCUT2D eigenvalue weighted by Gasteiger charge is 2.29. The molecular weight excluding hydrogens is 347 g/mol. The number of nitro groups is 1. The molecule has 0 aliphatic heterocycles. The summed E-state index contributed by atoms with van der Waals surface area (Å²) in [5.41, 5.74) is -0.828. The van der Waals surface area contributed by atoms with Gasteiger partial charge in [0.1, 0.15) is 5.82 Å². The van der Waals surface area contributed by atoms with E-state index in [1.807, 2.05) is 0 Å². The first-order valence-corrected chi connectivity index (χ1v) is 7.35. The van der Waals surface area contributed by atoms with Gasteiger partial charge in [-0.1, -0.05) is 0 Å². The Morgan fingerprint density at radius 2 is 1.58 bits per heavy atom. The Morgan fingerprint density at radius 3 is 2.00 bits per heavy atom. The number of hydrogen-bond donors (Lipinski definition) is 0. The number of ether oxygens (including phenoxy) is 2. The van der Waals surface area contributed by atoms with Gasteiger partial charge in [0.25, 0.3) is 5.69 Å². The fourth-order valence-electron chi connectivity index (χ4n) is 2.64. The van der Waals surface area contributed by atoms with E-state index < -0.39 is 28.4 Å². The molecule has 0 aliphatic carbocycles. The molecule has 0 saturated heterocycles. The molecule has 0 saturated carbocycles. The highest BCUT2D eigenvalue weighted by Crippen LogP contribution is 2.35. The van der Waals surface area contributed by atoms with Gasteiger partial charge < -0.3 is 9.47 Å². The first kappa shape index (κ1) is 19.0. The van der Waals surface area contributed by atoms with Crippen LogP contribution in [0.1, 0.15) is 32.1 Å². The summed E-state index contributed by atoms with van der Waals surface area (Å²) in [5, 5.41) is 11.1. The predicted octanol–water partition coefficient (Wildman–Crippen LogP) is 2.99. The van der Waals surface area contributed by atoms with Gasteiger partial charge in [0.05, 0.1) is 41.7 Å². The lowest BCUT2D eigenvalue weighted by Crippen LogP contribution is -2.16. The van der Waals surface area contributed by atoms with Gasteiger partial charge in [0.15, 0.2) is 0 Å². The molecule has 1 aromatic heterocycles. The maximum atomic E-state index is 14.5. The minimum absolute atomic E-state index is 0.157. The molecule has 0 N–H and O–H groups in total. The smallest absolute Gasteiger partial charge is 0.340 e. The molecule has 1 aromatic carbocycles. The van der Waals surface area contributed by atoms with Crippen molar-refractivity contribution < 1.29 is 28.4 Å². The van der Waals surface area contributed by atoms with Crippen LogP contribution in [-0.2, 0) is 9.47 Å². The molecule has 1 heterocycles. The van der Waals surface area contributed by atoms with Crippen LogP contribution in [0.25, 0.3) is 11.1 Å².